The van der Waals surface area contributed by atoms with Gasteiger partial charge in [-0.15, -0.1) is 0 Å². The summed E-state index contributed by atoms with van der Waals surface area (Å²) in [5, 5.41) is 4.39. The van der Waals surface area contributed by atoms with Crippen molar-refractivity contribution in [2.24, 2.45) is 7.05 Å². The summed E-state index contributed by atoms with van der Waals surface area (Å²) in [6, 6.07) is 2.13. The zero-order valence-corrected chi connectivity index (χ0v) is 8.50. The Bertz CT molecular complexity index is 265. The van der Waals surface area contributed by atoms with Gasteiger partial charge in [0.25, 0.3) is 0 Å². The van der Waals surface area contributed by atoms with E-state index in [1.165, 1.54) is 18.5 Å². The molecule has 0 aliphatic heterocycles. The van der Waals surface area contributed by atoms with Crippen molar-refractivity contribution in [3.8, 4) is 0 Å². The quantitative estimate of drug-likeness (QED) is 0.653. The Hall–Kier alpha value is -0.260. The van der Waals surface area contributed by atoms with E-state index in [-0.39, 0.29) is 0 Å². The first-order valence-electron chi connectivity index (χ1n) is 3.72. The fraction of sp³-hybridized carbons (Fsp3) is 0.571. The predicted molar refractivity (Wildman–Crippen MR) is 52.8 cm³/mol. The molecule has 60 valence electrons. The Morgan fingerprint density at radius 1 is 1.73 bits per heavy atom. The van der Waals surface area contributed by atoms with E-state index in [1.54, 1.807) is 0 Å². The van der Waals surface area contributed by atoms with Crippen LogP contribution in [0.4, 0.5) is 5.82 Å². The maximum Gasteiger partial charge on any atom is 0.132 e. The molecule has 0 aromatic carbocycles. The minimum Gasteiger partial charge on any atom is -0.313 e. The molecule has 1 N–H and O–H groups in total. The molecule has 4 heteroatoms. The second kappa shape index (κ2) is 2.66. The number of anilines is 1. The summed E-state index contributed by atoms with van der Waals surface area (Å²) in [5.41, 5.74) is 1.24. The first kappa shape index (κ1) is 7.39. The number of halogens is 1. The third-order valence-corrected chi connectivity index (χ3v) is 2.54. The number of hydrogen-bond acceptors (Lipinski definition) is 2. The Morgan fingerprint density at radius 3 is 2.91 bits per heavy atom. The molecule has 0 radical (unpaired) electrons. The molecule has 1 aliphatic carbocycles. The van der Waals surface area contributed by atoms with Gasteiger partial charge in [0.15, 0.2) is 0 Å². The molecule has 0 atom stereocenters. The van der Waals surface area contributed by atoms with E-state index < -0.39 is 0 Å². The second-order valence-corrected chi connectivity index (χ2v) is 3.49. The van der Waals surface area contributed by atoms with Crippen LogP contribution in [0.25, 0.3) is 0 Å². The van der Waals surface area contributed by atoms with Crippen molar-refractivity contribution in [3.63, 3.8) is 0 Å². The maximum absolute atomic E-state index is 4.39. The Labute approximate surface area is 79.7 Å². The van der Waals surface area contributed by atoms with E-state index in [0.717, 1.165) is 11.7 Å². The number of rotatable bonds is 2. The number of nitrogens with zero attached hydrogens (tertiary/aromatic N) is 2. The Balaban J connectivity index is 2.28. The van der Waals surface area contributed by atoms with Gasteiger partial charge in [0, 0.05) is 19.0 Å². The van der Waals surface area contributed by atoms with Crippen molar-refractivity contribution in [2.45, 2.75) is 18.8 Å². The summed E-state index contributed by atoms with van der Waals surface area (Å²) >= 11 is 2.13. The van der Waals surface area contributed by atoms with Gasteiger partial charge in [-0.1, -0.05) is 0 Å². The minimum atomic E-state index is 0.750. The number of nitrogens with one attached hydrogen (secondary N) is 1. The fourth-order valence-corrected chi connectivity index (χ4v) is 1.66. The van der Waals surface area contributed by atoms with E-state index in [2.05, 4.69) is 37.6 Å². The lowest BCUT2D eigenvalue weighted by Gasteiger charge is -1.94. The molecule has 11 heavy (non-hydrogen) atoms. The molecule has 1 saturated carbocycles. The van der Waals surface area contributed by atoms with Gasteiger partial charge < -0.3 is 3.53 Å². The molecule has 0 bridgehead atoms. The zero-order valence-electron chi connectivity index (χ0n) is 6.34. The second-order valence-electron chi connectivity index (χ2n) is 2.95. The molecule has 0 saturated heterocycles. The molecule has 1 aromatic rings. The minimum absolute atomic E-state index is 0.750. The van der Waals surface area contributed by atoms with Crippen molar-refractivity contribution < 1.29 is 0 Å². The molecule has 3 nitrogen and oxygen atoms in total. The van der Waals surface area contributed by atoms with E-state index in [0.29, 0.717) is 0 Å². The van der Waals surface area contributed by atoms with Gasteiger partial charge in [0.2, 0.25) is 0 Å². The summed E-state index contributed by atoms with van der Waals surface area (Å²) in [4.78, 5) is 0. The highest BCUT2D eigenvalue weighted by atomic mass is 127. The van der Waals surface area contributed by atoms with E-state index in [1.807, 2.05) is 11.7 Å². The average molecular weight is 263 g/mol. The van der Waals surface area contributed by atoms with E-state index in [4.69, 9.17) is 0 Å². The molecule has 1 aliphatic rings. The highest BCUT2D eigenvalue weighted by Crippen LogP contribution is 2.39. The van der Waals surface area contributed by atoms with Crippen molar-refractivity contribution >= 4 is 28.7 Å². The van der Waals surface area contributed by atoms with Crippen LogP contribution in [-0.2, 0) is 7.05 Å². The van der Waals surface area contributed by atoms with Crippen LogP contribution >= 0.6 is 22.9 Å². The number of hydrogen-bond donors (Lipinski definition) is 1. The maximum atomic E-state index is 4.39. The number of aromatic nitrogens is 2. The van der Waals surface area contributed by atoms with Crippen LogP contribution in [0.15, 0.2) is 6.07 Å². The SMILES string of the molecule is Cn1nc(C2CC2)cc1NI. The van der Waals surface area contributed by atoms with Crippen molar-refractivity contribution in [3.05, 3.63) is 11.8 Å². The summed E-state index contributed by atoms with van der Waals surface area (Å²) in [5.74, 6) is 1.84. The lowest BCUT2D eigenvalue weighted by molar-refractivity contribution is 0.754. The molecule has 0 unspecified atom stereocenters. The van der Waals surface area contributed by atoms with Gasteiger partial charge in [-0.05, 0) is 12.8 Å². The molecular formula is C7H10IN3. The first-order valence-corrected chi connectivity index (χ1v) is 4.79. The van der Waals surface area contributed by atoms with Crippen LogP contribution in [0.1, 0.15) is 24.5 Å². The van der Waals surface area contributed by atoms with Crippen LogP contribution in [0.3, 0.4) is 0 Å². The van der Waals surface area contributed by atoms with Gasteiger partial charge in [0.1, 0.15) is 5.82 Å². The van der Waals surface area contributed by atoms with E-state index >= 15 is 0 Å². The third kappa shape index (κ3) is 1.36. The highest BCUT2D eigenvalue weighted by Gasteiger charge is 2.26. The third-order valence-electron chi connectivity index (χ3n) is 1.99. The molecule has 0 spiro atoms. The first-order chi connectivity index (χ1) is 5.31. The van der Waals surface area contributed by atoms with Crippen LogP contribution in [0.5, 0.6) is 0 Å². The van der Waals surface area contributed by atoms with Gasteiger partial charge in [-0.2, -0.15) is 5.10 Å². The monoisotopic (exact) mass is 263 g/mol. The van der Waals surface area contributed by atoms with Crippen LogP contribution in [-0.4, -0.2) is 9.78 Å². The summed E-state index contributed by atoms with van der Waals surface area (Å²) < 4.78 is 4.96. The lowest BCUT2D eigenvalue weighted by Crippen LogP contribution is -1.94. The zero-order chi connectivity index (χ0) is 7.84. The largest absolute Gasteiger partial charge is 0.313 e. The van der Waals surface area contributed by atoms with Gasteiger partial charge in [-0.3, -0.25) is 4.68 Å². The van der Waals surface area contributed by atoms with Crippen LogP contribution in [0.2, 0.25) is 0 Å². The van der Waals surface area contributed by atoms with Gasteiger partial charge in [-0.25, -0.2) is 0 Å². The Morgan fingerprint density at radius 2 is 2.45 bits per heavy atom. The van der Waals surface area contributed by atoms with Gasteiger partial charge >= 0.3 is 0 Å². The topological polar surface area (TPSA) is 29.9 Å². The van der Waals surface area contributed by atoms with Crippen LogP contribution < -0.4 is 3.53 Å². The smallest absolute Gasteiger partial charge is 0.132 e. The van der Waals surface area contributed by atoms with Gasteiger partial charge in [0.05, 0.1) is 28.6 Å². The molecule has 1 heterocycles. The van der Waals surface area contributed by atoms with Crippen molar-refractivity contribution in [2.75, 3.05) is 3.53 Å². The fourth-order valence-electron chi connectivity index (χ4n) is 1.16. The molecule has 1 aromatic heterocycles. The summed E-state index contributed by atoms with van der Waals surface area (Å²) in [6.45, 7) is 0. The Kier molecular flexibility index (Phi) is 1.78. The van der Waals surface area contributed by atoms with Crippen LogP contribution in [0, 0.1) is 0 Å². The van der Waals surface area contributed by atoms with E-state index in [9.17, 15) is 0 Å². The average Bonchev–Trinajstić information content (AvgIpc) is 2.76. The highest BCUT2D eigenvalue weighted by molar-refractivity contribution is 14.1. The van der Waals surface area contributed by atoms with Crippen molar-refractivity contribution in [1.29, 1.82) is 0 Å². The predicted octanol–water partition coefficient (Wildman–Crippen LogP) is 2.06. The molecular weight excluding hydrogens is 253 g/mol. The lowest BCUT2D eigenvalue weighted by atomic mass is 10.3. The summed E-state index contributed by atoms with van der Waals surface area (Å²) in [6.07, 6.45) is 2.63. The standard InChI is InChI=1S/C7H10IN3/c1-11-7(9-8)4-6(10-11)5-2-3-5/h4-5,9H,2-3H2,1H3. The van der Waals surface area contributed by atoms with Crippen molar-refractivity contribution in [1.82, 2.24) is 9.78 Å². The molecule has 0 amide bonds. The molecule has 1 fully saturated rings. The molecule has 2 rings (SSSR count). The normalized spacial score (nSPS) is 16.9. The summed E-state index contributed by atoms with van der Waals surface area (Å²) in [7, 11) is 1.97. The number of aryl methyl sites for hydroxylation is 1.